The smallest absolute Gasteiger partial charge is 0.267 e. The van der Waals surface area contributed by atoms with Gasteiger partial charge in [0, 0.05) is 56.7 Å². The van der Waals surface area contributed by atoms with Crippen molar-refractivity contribution >= 4 is 21.7 Å². The SMILES string of the molecule is COc1cc(C)cc(C)c1-c1cc(Oc2ccc(N3CCNCC3)cc2)nc(NS(=O)(=O)c2cnn(C)c2)n1. The molecule has 0 unspecified atom stereocenters. The van der Waals surface area contributed by atoms with Gasteiger partial charge in [-0.1, -0.05) is 6.07 Å². The second-order valence-corrected chi connectivity index (χ2v) is 11.0. The number of hydrogen-bond acceptors (Lipinski definition) is 9. The third-order valence-electron chi connectivity index (χ3n) is 6.38. The number of aryl methyl sites for hydroxylation is 3. The van der Waals surface area contributed by atoms with Gasteiger partial charge in [-0.15, -0.1) is 0 Å². The van der Waals surface area contributed by atoms with E-state index in [4.69, 9.17) is 9.47 Å². The lowest BCUT2D eigenvalue weighted by Crippen LogP contribution is -2.43. The van der Waals surface area contributed by atoms with Crippen molar-refractivity contribution in [3.05, 3.63) is 66.0 Å². The van der Waals surface area contributed by atoms with E-state index in [1.54, 1.807) is 20.2 Å². The zero-order valence-electron chi connectivity index (χ0n) is 22.3. The van der Waals surface area contributed by atoms with E-state index in [1.807, 2.05) is 50.2 Å². The molecule has 1 aliphatic rings. The number of nitrogens with zero attached hydrogens (tertiary/aromatic N) is 5. The maximum atomic E-state index is 13.0. The monoisotopic (exact) mass is 549 g/mol. The molecule has 1 aliphatic heterocycles. The van der Waals surface area contributed by atoms with Crippen molar-refractivity contribution in [1.29, 1.82) is 0 Å². The number of ether oxygens (including phenoxy) is 2. The zero-order chi connectivity index (χ0) is 27.6. The summed E-state index contributed by atoms with van der Waals surface area (Å²) in [7, 11) is -0.761. The van der Waals surface area contributed by atoms with Crippen LogP contribution in [0.5, 0.6) is 17.4 Å². The molecule has 0 spiro atoms. The minimum absolute atomic E-state index is 0.00549. The largest absolute Gasteiger partial charge is 0.496 e. The van der Waals surface area contributed by atoms with E-state index in [2.05, 4.69) is 30.0 Å². The van der Waals surface area contributed by atoms with Gasteiger partial charge >= 0.3 is 0 Å². The normalized spacial score (nSPS) is 13.8. The van der Waals surface area contributed by atoms with Crippen LogP contribution >= 0.6 is 0 Å². The topological polar surface area (TPSA) is 123 Å². The Morgan fingerprint density at radius 3 is 2.44 bits per heavy atom. The van der Waals surface area contributed by atoms with Gasteiger partial charge in [0.25, 0.3) is 10.0 Å². The Bertz CT molecular complexity index is 1580. The van der Waals surface area contributed by atoms with Crippen LogP contribution in [0.1, 0.15) is 11.1 Å². The first-order chi connectivity index (χ1) is 18.7. The Labute approximate surface area is 227 Å². The number of aromatic nitrogens is 4. The van der Waals surface area contributed by atoms with E-state index >= 15 is 0 Å². The summed E-state index contributed by atoms with van der Waals surface area (Å²) in [4.78, 5) is 11.2. The molecule has 12 heteroatoms. The number of anilines is 2. The van der Waals surface area contributed by atoms with Gasteiger partial charge in [0.05, 0.1) is 19.0 Å². The predicted octanol–water partition coefficient (Wildman–Crippen LogP) is 3.51. The van der Waals surface area contributed by atoms with Gasteiger partial charge in [-0.3, -0.25) is 4.68 Å². The van der Waals surface area contributed by atoms with Crippen molar-refractivity contribution in [2.24, 2.45) is 7.05 Å². The fourth-order valence-corrected chi connectivity index (χ4v) is 5.48. The van der Waals surface area contributed by atoms with Crippen LogP contribution in [0.4, 0.5) is 11.6 Å². The molecule has 11 nitrogen and oxygen atoms in total. The Balaban J connectivity index is 1.52. The minimum atomic E-state index is -3.99. The molecule has 204 valence electrons. The number of piperazine rings is 1. The average molecular weight is 550 g/mol. The first kappa shape index (κ1) is 26.4. The summed E-state index contributed by atoms with van der Waals surface area (Å²) in [6, 6.07) is 13.3. The van der Waals surface area contributed by atoms with E-state index in [9.17, 15) is 8.42 Å². The molecule has 1 fully saturated rings. The first-order valence-corrected chi connectivity index (χ1v) is 14.0. The highest BCUT2D eigenvalue weighted by atomic mass is 32.2. The summed E-state index contributed by atoms with van der Waals surface area (Å²) in [5.41, 5.74) is 4.22. The molecule has 5 rings (SSSR count). The van der Waals surface area contributed by atoms with E-state index in [0.717, 1.165) is 43.0 Å². The van der Waals surface area contributed by atoms with Gasteiger partial charge in [-0.25, -0.2) is 18.1 Å². The van der Waals surface area contributed by atoms with E-state index in [-0.39, 0.29) is 16.7 Å². The highest BCUT2D eigenvalue weighted by Crippen LogP contribution is 2.36. The molecule has 2 aromatic carbocycles. The number of nitrogens with one attached hydrogen (secondary N) is 2. The van der Waals surface area contributed by atoms with Crippen LogP contribution in [0.2, 0.25) is 0 Å². The molecule has 4 aromatic rings. The summed E-state index contributed by atoms with van der Waals surface area (Å²) in [6.07, 6.45) is 2.66. The van der Waals surface area contributed by atoms with E-state index < -0.39 is 10.0 Å². The highest BCUT2D eigenvalue weighted by molar-refractivity contribution is 7.92. The van der Waals surface area contributed by atoms with Crippen molar-refractivity contribution in [2.45, 2.75) is 18.7 Å². The van der Waals surface area contributed by atoms with Crippen LogP contribution in [0.25, 0.3) is 11.3 Å². The third-order valence-corrected chi connectivity index (χ3v) is 7.66. The molecule has 0 radical (unpaired) electrons. The van der Waals surface area contributed by atoms with Crippen molar-refractivity contribution in [2.75, 3.05) is 42.9 Å². The van der Waals surface area contributed by atoms with E-state index in [1.165, 1.54) is 17.1 Å². The highest BCUT2D eigenvalue weighted by Gasteiger charge is 2.21. The van der Waals surface area contributed by atoms with Crippen LogP contribution in [-0.2, 0) is 17.1 Å². The standard InChI is InChI=1S/C27H31N7O4S/c1-18-13-19(2)26(24(14-18)37-4)23-15-25(31-27(30-23)32-39(35,36)22-16-29-33(3)17-22)38-21-7-5-20(6-8-21)34-11-9-28-10-12-34/h5-8,13-17,28H,9-12H2,1-4H3,(H,30,31,32). The van der Waals surface area contributed by atoms with Crippen LogP contribution in [0.3, 0.4) is 0 Å². The molecule has 0 amide bonds. The van der Waals surface area contributed by atoms with Gasteiger partial charge < -0.3 is 19.7 Å². The number of hydrogen-bond donors (Lipinski definition) is 2. The number of methoxy groups -OCH3 is 1. The van der Waals surface area contributed by atoms with Crippen LogP contribution in [0.15, 0.2) is 59.8 Å². The maximum Gasteiger partial charge on any atom is 0.267 e. The number of benzene rings is 2. The molecule has 3 heterocycles. The molecule has 1 saturated heterocycles. The lowest BCUT2D eigenvalue weighted by molar-refractivity contribution is 0.415. The second kappa shape index (κ2) is 10.9. The van der Waals surface area contributed by atoms with Crippen molar-refractivity contribution in [3.8, 4) is 28.6 Å². The third kappa shape index (κ3) is 5.96. The molecule has 0 bridgehead atoms. The average Bonchev–Trinajstić information content (AvgIpc) is 3.36. The van der Waals surface area contributed by atoms with Gasteiger partial charge in [-0.05, 0) is 55.3 Å². The molecule has 0 atom stereocenters. The van der Waals surface area contributed by atoms with Crippen LogP contribution in [0, 0.1) is 13.8 Å². The quantitative estimate of drug-likeness (QED) is 0.340. The molecule has 0 saturated carbocycles. The Morgan fingerprint density at radius 1 is 1.03 bits per heavy atom. The lowest BCUT2D eigenvalue weighted by Gasteiger charge is -2.29. The Morgan fingerprint density at radius 2 is 1.77 bits per heavy atom. The first-order valence-electron chi connectivity index (χ1n) is 12.5. The fourth-order valence-electron chi connectivity index (χ4n) is 4.55. The van der Waals surface area contributed by atoms with Crippen LogP contribution < -0.4 is 24.4 Å². The molecule has 0 aliphatic carbocycles. The minimum Gasteiger partial charge on any atom is -0.496 e. The summed E-state index contributed by atoms with van der Waals surface area (Å²) in [5.74, 6) is 1.22. The molecule has 2 aromatic heterocycles. The summed E-state index contributed by atoms with van der Waals surface area (Å²) in [6.45, 7) is 7.69. The predicted molar refractivity (Wildman–Crippen MR) is 149 cm³/mol. The Kier molecular flexibility index (Phi) is 7.40. The maximum absolute atomic E-state index is 13.0. The molecular formula is C27H31N7O4S. The molecule has 39 heavy (non-hydrogen) atoms. The Hall–Kier alpha value is -4.16. The number of sulfonamides is 1. The summed E-state index contributed by atoms with van der Waals surface area (Å²) >= 11 is 0. The zero-order valence-corrected chi connectivity index (χ0v) is 23.1. The molecular weight excluding hydrogens is 518 g/mol. The fraction of sp³-hybridized carbons (Fsp3) is 0.296. The van der Waals surface area contributed by atoms with Gasteiger partial charge in [-0.2, -0.15) is 10.1 Å². The van der Waals surface area contributed by atoms with E-state index in [0.29, 0.717) is 22.8 Å². The van der Waals surface area contributed by atoms with Gasteiger partial charge in [0.15, 0.2) is 0 Å². The van der Waals surface area contributed by atoms with Crippen molar-refractivity contribution in [1.82, 2.24) is 25.1 Å². The summed E-state index contributed by atoms with van der Waals surface area (Å²) in [5, 5.41) is 7.31. The van der Waals surface area contributed by atoms with Crippen molar-refractivity contribution in [3.63, 3.8) is 0 Å². The molecule has 2 N–H and O–H groups in total. The van der Waals surface area contributed by atoms with Crippen LogP contribution in [-0.4, -0.2) is 61.5 Å². The second-order valence-electron chi connectivity index (χ2n) is 9.36. The summed E-state index contributed by atoms with van der Waals surface area (Å²) < 4.78 is 41.7. The lowest BCUT2D eigenvalue weighted by atomic mass is 10.0. The van der Waals surface area contributed by atoms with Gasteiger partial charge in [0.1, 0.15) is 16.4 Å². The van der Waals surface area contributed by atoms with Crippen molar-refractivity contribution < 1.29 is 17.9 Å². The number of rotatable bonds is 8. The van der Waals surface area contributed by atoms with Gasteiger partial charge in [0.2, 0.25) is 11.8 Å².